The Balaban J connectivity index is 2.52. The minimum atomic E-state index is -0.0989. The molecule has 0 amide bonds. The Hall–Kier alpha value is -0.610. The van der Waals surface area contributed by atoms with Crippen LogP contribution in [0.25, 0.3) is 0 Å². The minimum absolute atomic E-state index is 0.0906. The summed E-state index contributed by atoms with van der Waals surface area (Å²) in [4.78, 5) is 14.0. The maximum atomic E-state index is 11.8. The van der Waals surface area contributed by atoms with Crippen molar-refractivity contribution in [2.24, 2.45) is 0 Å². The molecule has 0 radical (unpaired) electrons. The summed E-state index contributed by atoms with van der Waals surface area (Å²) in [6, 6.07) is -0.0989. The van der Waals surface area contributed by atoms with Crippen LogP contribution in [0.5, 0.6) is 0 Å². The summed E-state index contributed by atoms with van der Waals surface area (Å²) in [6.45, 7) is 8.93. The molecule has 0 N–H and O–H groups in total. The first kappa shape index (κ1) is 14.5. The molecule has 4 heteroatoms. The van der Waals surface area contributed by atoms with Gasteiger partial charge in [0.2, 0.25) is 0 Å². The van der Waals surface area contributed by atoms with E-state index in [4.69, 9.17) is 9.47 Å². The van der Waals surface area contributed by atoms with Crippen molar-refractivity contribution in [2.45, 2.75) is 52.2 Å². The van der Waals surface area contributed by atoms with Gasteiger partial charge >= 0.3 is 5.97 Å². The van der Waals surface area contributed by atoms with E-state index < -0.39 is 0 Å². The van der Waals surface area contributed by atoms with E-state index in [1.807, 2.05) is 20.8 Å². The lowest BCUT2D eigenvalue weighted by molar-refractivity contribution is -0.151. The third-order valence-corrected chi connectivity index (χ3v) is 3.20. The van der Waals surface area contributed by atoms with E-state index in [0.29, 0.717) is 6.61 Å². The number of nitrogens with zero attached hydrogens (tertiary/aromatic N) is 1. The van der Waals surface area contributed by atoms with E-state index in [0.717, 1.165) is 39.0 Å². The van der Waals surface area contributed by atoms with Crippen LogP contribution in [-0.4, -0.2) is 49.3 Å². The van der Waals surface area contributed by atoms with Crippen LogP contribution in [0, 0.1) is 0 Å². The molecule has 17 heavy (non-hydrogen) atoms. The Labute approximate surface area is 104 Å². The Bertz CT molecular complexity index is 231. The zero-order valence-corrected chi connectivity index (χ0v) is 11.3. The van der Waals surface area contributed by atoms with Crippen LogP contribution < -0.4 is 0 Å². The highest BCUT2D eigenvalue weighted by molar-refractivity contribution is 5.75. The quantitative estimate of drug-likeness (QED) is 0.667. The van der Waals surface area contributed by atoms with Gasteiger partial charge < -0.3 is 9.47 Å². The zero-order valence-electron chi connectivity index (χ0n) is 11.3. The smallest absolute Gasteiger partial charge is 0.323 e. The van der Waals surface area contributed by atoms with Gasteiger partial charge in [0.15, 0.2) is 0 Å². The molecule has 0 aliphatic carbocycles. The van der Waals surface area contributed by atoms with Gasteiger partial charge in [-0.05, 0) is 39.7 Å². The molecule has 0 saturated carbocycles. The highest BCUT2D eigenvalue weighted by Gasteiger charge is 2.30. The molecule has 2 unspecified atom stereocenters. The molecule has 1 rings (SSSR count). The number of rotatable bonds is 6. The van der Waals surface area contributed by atoms with Crippen LogP contribution in [0.15, 0.2) is 0 Å². The second-order valence-electron chi connectivity index (χ2n) is 4.39. The van der Waals surface area contributed by atoms with Gasteiger partial charge in [0, 0.05) is 13.2 Å². The van der Waals surface area contributed by atoms with Gasteiger partial charge in [-0.1, -0.05) is 6.92 Å². The Morgan fingerprint density at radius 3 is 2.71 bits per heavy atom. The van der Waals surface area contributed by atoms with E-state index in [2.05, 4.69) is 4.90 Å². The van der Waals surface area contributed by atoms with E-state index >= 15 is 0 Å². The second kappa shape index (κ2) is 7.67. The highest BCUT2D eigenvalue weighted by atomic mass is 16.5. The fourth-order valence-electron chi connectivity index (χ4n) is 2.43. The van der Waals surface area contributed by atoms with Gasteiger partial charge in [0.25, 0.3) is 0 Å². The van der Waals surface area contributed by atoms with Crippen LogP contribution in [0.2, 0.25) is 0 Å². The van der Waals surface area contributed by atoms with Crippen molar-refractivity contribution in [2.75, 3.05) is 26.3 Å². The van der Waals surface area contributed by atoms with Crippen LogP contribution in [0.4, 0.5) is 0 Å². The van der Waals surface area contributed by atoms with Gasteiger partial charge in [-0.15, -0.1) is 0 Å². The summed E-state index contributed by atoms with van der Waals surface area (Å²) in [5.74, 6) is -0.0906. The molecule has 0 spiro atoms. The molecule has 100 valence electrons. The van der Waals surface area contributed by atoms with E-state index in [9.17, 15) is 4.79 Å². The zero-order chi connectivity index (χ0) is 12.7. The molecule has 1 saturated heterocycles. The molecule has 0 aromatic rings. The summed E-state index contributed by atoms with van der Waals surface area (Å²) >= 11 is 0. The van der Waals surface area contributed by atoms with E-state index in [1.165, 1.54) is 0 Å². The van der Waals surface area contributed by atoms with Gasteiger partial charge in [0.05, 0.1) is 12.7 Å². The highest BCUT2D eigenvalue weighted by Crippen LogP contribution is 2.18. The van der Waals surface area contributed by atoms with E-state index in [-0.39, 0.29) is 18.1 Å². The normalized spacial score (nSPS) is 23.4. The van der Waals surface area contributed by atoms with Crippen molar-refractivity contribution >= 4 is 5.97 Å². The van der Waals surface area contributed by atoms with Gasteiger partial charge in [0.1, 0.15) is 6.04 Å². The first-order chi connectivity index (χ1) is 8.22. The third kappa shape index (κ3) is 4.28. The summed E-state index contributed by atoms with van der Waals surface area (Å²) in [6.07, 6.45) is 3.28. The standard InChI is InChI=1S/C13H25NO3/c1-4-12(13(15)17-6-3)14-9-7-8-11(10-14)16-5-2/h11-12H,4-10H2,1-3H3. The number of hydrogen-bond donors (Lipinski definition) is 0. The minimum Gasteiger partial charge on any atom is -0.465 e. The SMILES string of the molecule is CCOC(=O)C(CC)N1CCCC(OCC)C1. The summed E-state index contributed by atoms with van der Waals surface area (Å²) < 4.78 is 10.8. The van der Waals surface area contributed by atoms with Crippen molar-refractivity contribution in [1.29, 1.82) is 0 Å². The fraction of sp³-hybridized carbons (Fsp3) is 0.923. The molecule has 1 aliphatic heterocycles. The Morgan fingerprint density at radius 1 is 1.35 bits per heavy atom. The van der Waals surface area contributed by atoms with Crippen molar-refractivity contribution < 1.29 is 14.3 Å². The fourth-order valence-corrected chi connectivity index (χ4v) is 2.43. The van der Waals surface area contributed by atoms with Gasteiger partial charge in [-0.2, -0.15) is 0 Å². The number of piperidine rings is 1. The average Bonchev–Trinajstić information content (AvgIpc) is 2.31. The number of carbonyl (C=O) groups is 1. The lowest BCUT2D eigenvalue weighted by atomic mass is 10.0. The van der Waals surface area contributed by atoms with Crippen molar-refractivity contribution in [3.63, 3.8) is 0 Å². The van der Waals surface area contributed by atoms with Crippen molar-refractivity contribution in [1.82, 2.24) is 4.90 Å². The molecule has 1 fully saturated rings. The Kier molecular flexibility index (Phi) is 6.52. The number of hydrogen-bond acceptors (Lipinski definition) is 4. The molecule has 4 nitrogen and oxygen atoms in total. The predicted octanol–water partition coefficient (Wildman–Crippen LogP) is 1.83. The van der Waals surface area contributed by atoms with Crippen LogP contribution in [-0.2, 0) is 14.3 Å². The van der Waals surface area contributed by atoms with Crippen LogP contribution >= 0.6 is 0 Å². The number of carbonyl (C=O) groups excluding carboxylic acids is 1. The van der Waals surface area contributed by atoms with Crippen LogP contribution in [0.3, 0.4) is 0 Å². The third-order valence-electron chi connectivity index (χ3n) is 3.20. The number of ether oxygens (including phenoxy) is 2. The second-order valence-corrected chi connectivity index (χ2v) is 4.39. The lowest BCUT2D eigenvalue weighted by Crippen LogP contribution is -2.49. The van der Waals surface area contributed by atoms with Crippen molar-refractivity contribution in [3.8, 4) is 0 Å². The first-order valence-electron chi connectivity index (χ1n) is 6.75. The predicted molar refractivity (Wildman–Crippen MR) is 66.9 cm³/mol. The lowest BCUT2D eigenvalue weighted by Gasteiger charge is -2.36. The van der Waals surface area contributed by atoms with Gasteiger partial charge in [-0.25, -0.2) is 0 Å². The monoisotopic (exact) mass is 243 g/mol. The Morgan fingerprint density at radius 2 is 2.12 bits per heavy atom. The van der Waals surface area contributed by atoms with Crippen molar-refractivity contribution in [3.05, 3.63) is 0 Å². The maximum absolute atomic E-state index is 11.8. The number of likely N-dealkylation sites (tertiary alicyclic amines) is 1. The largest absolute Gasteiger partial charge is 0.465 e. The van der Waals surface area contributed by atoms with Gasteiger partial charge in [-0.3, -0.25) is 9.69 Å². The topological polar surface area (TPSA) is 38.8 Å². The number of esters is 1. The average molecular weight is 243 g/mol. The van der Waals surface area contributed by atoms with E-state index in [1.54, 1.807) is 0 Å². The molecular weight excluding hydrogens is 218 g/mol. The molecule has 1 heterocycles. The molecule has 0 bridgehead atoms. The summed E-state index contributed by atoms with van der Waals surface area (Å²) in [7, 11) is 0. The van der Waals surface area contributed by atoms with Crippen LogP contribution in [0.1, 0.15) is 40.0 Å². The molecular formula is C13H25NO3. The molecule has 1 aliphatic rings. The molecule has 0 aromatic carbocycles. The molecule has 2 atom stereocenters. The molecule has 0 aromatic heterocycles. The summed E-state index contributed by atoms with van der Waals surface area (Å²) in [5, 5.41) is 0. The summed E-state index contributed by atoms with van der Waals surface area (Å²) in [5.41, 5.74) is 0. The maximum Gasteiger partial charge on any atom is 0.323 e. The first-order valence-corrected chi connectivity index (χ1v) is 6.75.